The number of ketones is 1. The second-order valence-electron chi connectivity index (χ2n) is 5.01. The highest BCUT2D eigenvalue weighted by Crippen LogP contribution is 2.23. The van der Waals surface area contributed by atoms with Gasteiger partial charge in [-0.05, 0) is 25.8 Å². The highest BCUT2D eigenvalue weighted by Gasteiger charge is 2.20. The number of hydrogen-bond acceptors (Lipinski definition) is 3. The molecule has 0 N–H and O–H groups in total. The van der Waals surface area contributed by atoms with Gasteiger partial charge >= 0.3 is 0 Å². The zero-order valence-electron chi connectivity index (χ0n) is 12.2. The SMILES string of the molecule is COc1cnn(C(C)C)c1C(=O)CCc1ccccc1. The van der Waals surface area contributed by atoms with Crippen molar-refractivity contribution in [1.29, 1.82) is 0 Å². The van der Waals surface area contributed by atoms with Crippen LogP contribution in [0, 0.1) is 0 Å². The number of carbonyl (C=O) groups is 1. The van der Waals surface area contributed by atoms with E-state index in [0.717, 1.165) is 12.0 Å². The molecule has 4 nitrogen and oxygen atoms in total. The number of ether oxygens (including phenoxy) is 1. The van der Waals surface area contributed by atoms with E-state index >= 15 is 0 Å². The van der Waals surface area contributed by atoms with Gasteiger partial charge in [-0.15, -0.1) is 0 Å². The minimum absolute atomic E-state index is 0.0666. The molecular weight excluding hydrogens is 252 g/mol. The average Bonchev–Trinajstić information content (AvgIpc) is 2.90. The van der Waals surface area contributed by atoms with Crippen LogP contribution in [-0.2, 0) is 6.42 Å². The van der Waals surface area contributed by atoms with Gasteiger partial charge in [-0.3, -0.25) is 9.48 Å². The molecule has 0 aliphatic rings. The van der Waals surface area contributed by atoms with Gasteiger partial charge in [-0.2, -0.15) is 5.10 Å². The molecule has 1 aromatic heterocycles. The Morgan fingerprint density at radius 2 is 2.00 bits per heavy atom. The number of methoxy groups -OCH3 is 1. The number of aromatic nitrogens is 2. The molecule has 0 radical (unpaired) electrons. The van der Waals surface area contributed by atoms with E-state index in [2.05, 4.69) is 5.10 Å². The van der Waals surface area contributed by atoms with Crippen LogP contribution in [0.25, 0.3) is 0 Å². The van der Waals surface area contributed by atoms with Crippen LogP contribution in [0.1, 0.15) is 42.4 Å². The molecule has 0 spiro atoms. The Labute approximate surface area is 119 Å². The number of Topliss-reactive ketones (excluding diaryl/α,β-unsaturated/α-hetero) is 1. The second kappa shape index (κ2) is 6.37. The Bertz CT molecular complexity index is 573. The molecule has 4 heteroatoms. The largest absolute Gasteiger partial charge is 0.493 e. The van der Waals surface area contributed by atoms with Crippen LogP contribution in [0.15, 0.2) is 36.5 Å². The third-order valence-electron chi connectivity index (χ3n) is 3.22. The summed E-state index contributed by atoms with van der Waals surface area (Å²) in [6, 6.07) is 10.1. The quantitative estimate of drug-likeness (QED) is 0.758. The Kier molecular flexibility index (Phi) is 4.56. The Hall–Kier alpha value is -2.10. The van der Waals surface area contributed by atoms with E-state index in [-0.39, 0.29) is 11.8 Å². The van der Waals surface area contributed by atoms with Crippen molar-refractivity contribution in [3.8, 4) is 5.75 Å². The van der Waals surface area contributed by atoms with Crippen molar-refractivity contribution >= 4 is 5.78 Å². The van der Waals surface area contributed by atoms with E-state index in [4.69, 9.17) is 4.74 Å². The molecule has 0 aliphatic carbocycles. The van der Waals surface area contributed by atoms with Gasteiger partial charge in [-0.1, -0.05) is 30.3 Å². The van der Waals surface area contributed by atoms with E-state index < -0.39 is 0 Å². The average molecular weight is 272 g/mol. The van der Waals surface area contributed by atoms with Gasteiger partial charge < -0.3 is 4.74 Å². The van der Waals surface area contributed by atoms with Crippen molar-refractivity contribution in [3.05, 3.63) is 47.8 Å². The third kappa shape index (κ3) is 3.07. The molecule has 1 aromatic carbocycles. The van der Waals surface area contributed by atoms with Gasteiger partial charge in [0.05, 0.1) is 13.3 Å². The van der Waals surface area contributed by atoms with E-state index in [0.29, 0.717) is 17.9 Å². The lowest BCUT2D eigenvalue weighted by atomic mass is 10.1. The summed E-state index contributed by atoms with van der Waals surface area (Å²) in [5.74, 6) is 0.619. The highest BCUT2D eigenvalue weighted by atomic mass is 16.5. The maximum absolute atomic E-state index is 12.4. The molecule has 2 rings (SSSR count). The first kappa shape index (κ1) is 14.3. The summed E-state index contributed by atoms with van der Waals surface area (Å²) in [5.41, 5.74) is 1.73. The second-order valence-corrected chi connectivity index (χ2v) is 5.01. The summed E-state index contributed by atoms with van der Waals surface area (Å²) in [6.07, 6.45) is 2.79. The molecule has 0 fully saturated rings. The highest BCUT2D eigenvalue weighted by molar-refractivity contribution is 5.97. The first-order chi connectivity index (χ1) is 9.63. The van der Waals surface area contributed by atoms with Crippen molar-refractivity contribution < 1.29 is 9.53 Å². The summed E-state index contributed by atoms with van der Waals surface area (Å²) < 4.78 is 6.97. The van der Waals surface area contributed by atoms with Gasteiger partial charge in [0.1, 0.15) is 5.69 Å². The van der Waals surface area contributed by atoms with Crippen LogP contribution < -0.4 is 4.74 Å². The molecule has 106 valence electrons. The molecule has 0 bridgehead atoms. The van der Waals surface area contributed by atoms with Crippen LogP contribution in [0.3, 0.4) is 0 Å². The lowest BCUT2D eigenvalue weighted by molar-refractivity contribution is 0.0967. The fourth-order valence-electron chi connectivity index (χ4n) is 2.17. The van der Waals surface area contributed by atoms with Crippen molar-refractivity contribution in [2.45, 2.75) is 32.7 Å². The first-order valence-corrected chi connectivity index (χ1v) is 6.82. The summed E-state index contributed by atoms with van der Waals surface area (Å²) >= 11 is 0. The van der Waals surface area contributed by atoms with Crippen LogP contribution in [0.4, 0.5) is 0 Å². The van der Waals surface area contributed by atoms with E-state index in [1.807, 2.05) is 44.2 Å². The zero-order chi connectivity index (χ0) is 14.5. The van der Waals surface area contributed by atoms with Crippen LogP contribution in [0.2, 0.25) is 0 Å². The monoisotopic (exact) mass is 272 g/mol. The summed E-state index contributed by atoms with van der Waals surface area (Å²) in [7, 11) is 1.57. The fourth-order valence-corrected chi connectivity index (χ4v) is 2.17. The van der Waals surface area contributed by atoms with Crippen LogP contribution in [-0.4, -0.2) is 22.7 Å². The molecular formula is C16H20N2O2. The minimum atomic E-state index is 0.0666. The molecule has 0 atom stereocenters. The van der Waals surface area contributed by atoms with Crippen LogP contribution in [0.5, 0.6) is 5.75 Å². The topological polar surface area (TPSA) is 44.1 Å². The first-order valence-electron chi connectivity index (χ1n) is 6.82. The number of nitrogens with zero attached hydrogens (tertiary/aromatic N) is 2. The van der Waals surface area contributed by atoms with Crippen molar-refractivity contribution in [2.75, 3.05) is 7.11 Å². The number of hydrogen-bond donors (Lipinski definition) is 0. The normalized spacial score (nSPS) is 10.8. The van der Waals surface area contributed by atoms with E-state index in [1.165, 1.54) is 0 Å². The molecule has 2 aromatic rings. The lowest BCUT2D eigenvalue weighted by Gasteiger charge is -2.11. The third-order valence-corrected chi connectivity index (χ3v) is 3.22. The van der Waals surface area contributed by atoms with Crippen molar-refractivity contribution in [2.24, 2.45) is 0 Å². The minimum Gasteiger partial charge on any atom is -0.493 e. The molecule has 0 aliphatic heterocycles. The van der Waals surface area contributed by atoms with Crippen molar-refractivity contribution in [1.82, 2.24) is 9.78 Å². The fraction of sp³-hybridized carbons (Fsp3) is 0.375. The van der Waals surface area contributed by atoms with Gasteiger partial charge in [0.25, 0.3) is 0 Å². The van der Waals surface area contributed by atoms with Gasteiger partial charge in [0.2, 0.25) is 0 Å². The molecule has 20 heavy (non-hydrogen) atoms. The predicted octanol–water partition coefficient (Wildman–Crippen LogP) is 3.29. The van der Waals surface area contributed by atoms with Crippen molar-refractivity contribution in [3.63, 3.8) is 0 Å². The lowest BCUT2D eigenvalue weighted by Crippen LogP contribution is -2.14. The Morgan fingerprint density at radius 3 is 2.60 bits per heavy atom. The van der Waals surface area contributed by atoms with Gasteiger partial charge in [0.15, 0.2) is 11.5 Å². The number of aryl methyl sites for hydroxylation is 1. The number of carbonyl (C=O) groups excluding carboxylic acids is 1. The summed E-state index contributed by atoms with van der Waals surface area (Å²) in [5, 5.41) is 4.23. The molecule has 0 amide bonds. The zero-order valence-corrected chi connectivity index (χ0v) is 12.2. The maximum Gasteiger partial charge on any atom is 0.185 e. The van der Waals surface area contributed by atoms with Crippen LogP contribution >= 0.6 is 0 Å². The number of rotatable bonds is 6. The molecule has 0 saturated carbocycles. The molecule has 0 unspecified atom stereocenters. The smallest absolute Gasteiger partial charge is 0.185 e. The Morgan fingerprint density at radius 1 is 1.30 bits per heavy atom. The van der Waals surface area contributed by atoms with Gasteiger partial charge in [0, 0.05) is 12.5 Å². The number of benzene rings is 1. The summed E-state index contributed by atoms with van der Waals surface area (Å²) in [4.78, 5) is 12.4. The maximum atomic E-state index is 12.4. The Balaban J connectivity index is 2.14. The molecule has 1 heterocycles. The standard InChI is InChI=1S/C16H20N2O2/c1-12(2)18-16(15(20-3)11-17-18)14(19)10-9-13-7-5-4-6-8-13/h4-8,11-12H,9-10H2,1-3H3. The molecule has 0 saturated heterocycles. The predicted molar refractivity (Wildman–Crippen MR) is 78.3 cm³/mol. The van der Waals surface area contributed by atoms with E-state index in [1.54, 1.807) is 18.0 Å². The van der Waals surface area contributed by atoms with Gasteiger partial charge in [-0.25, -0.2) is 0 Å². The van der Waals surface area contributed by atoms with E-state index in [9.17, 15) is 4.79 Å². The summed E-state index contributed by atoms with van der Waals surface area (Å²) in [6.45, 7) is 4.00.